The van der Waals surface area contributed by atoms with Gasteiger partial charge in [0.15, 0.2) is 5.13 Å². The number of halogens is 1. The zero-order chi connectivity index (χ0) is 17.9. The molecule has 1 saturated heterocycles. The normalized spacial score (nSPS) is 20.0. The number of anilines is 1. The van der Waals surface area contributed by atoms with Gasteiger partial charge >= 0.3 is 0 Å². The summed E-state index contributed by atoms with van der Waals surface area (Å²) in [6.07, 6.45) is 5.90. The van der Waals surface area contributed by atoms with E-state index in [-0.39, 0.29) is 11.8 Å². The molecule has 0 bridgehead atoms. The summed E-state index contributed by atoms with van der Waals surface area (Å²) in [5.74, 6) is 0.109. The van der Waals surface area contributed by atoms with Crippen LogP contribution < -0.4 is 10.2 Å². The fraction of sp³-hybridized carbons (Fsp3) is 0.588. The molecule has 140 valence electrons. The SMILES string of the molecule is O=C(NCCn1cc(Cl)cn1)C1CCc2sc(N3CCOCC3)nc2C1. The van der Waals surface area contributed by atoms with E-state index in [9.17, 15) is 4.79 Å². The first-order valence-electron chi connectivity index (χ1n) is 8.96. The van der Waals surface area contributed by atoms with Gasteiger partial charge in [-0.2, -0.15) is 5.10 Å². The molecular weight excluding hydrogens is 374 g/mol. The molecule has 1 amide bonds. The quantitative estimate of drug-likeness (QED) is 0.835. The molecule has 3 heterocycles. The lowest BCUT2D eigenvalue weighted by Gasteiger charge is -2.26. The maximum Gasteiger partial charge on any atom is 0.223 e. The van der Waals surface area contributed by atoms with Crippen molar-refractivity contribution in [3.8, 4) is 0 Å². The molecule has 7 nitrogen and oxygen atoms in total. The number of fused-ring (bicyclic) bond motifs is 1. The third-order valence-corrected chi connectivity index (χ3v) is 6.23. The molecule has 0 radical (unpaired) electrons. The number of aromatic nitrogens is 3. The Morgan fingerprint density at radius 2 is 2.27 bits per heavy atom. The molecule has 1 aliphatic carbocycles. The molecule has 0 aromatic carbocycles. The van der Waals surface area contributed by atoms with Crippen molar-refractivity contribution in [1.82, 2.24) is 20.1 Å². The predicted octanol–water partition coefficient (Wildman–Crippen LogP) is 1.75. The first kappa shape index (κ1) is 17.8. The van der Waals surface area contributed by atoms with Crippen LogP contribution in [-0.4, -0.2) is 53.5 Å². The summed E-state index contributed by atoms with van der Waals surface area (Å²) < 4.78 is 7.14. The van der Waals surface area contributed by atoms with Crippen LogP contribution in [0.5, 0.6) is 0 Å². The fourth-order valence-electron chi connectivity index (χ4n) is 3.38. The third kappa shape index (κ3) is 4.02. The Morgan fingerprint density at radius 1 is 1.42 bits per heavy atom. The molecule has 9 heteroatoms. The van der Waals surface area contributed by atoms with Crippen LogP contribution in [-0.2, 0) is 28.9 Å². The van der Waals surface area contributed by atoms with Gasteiger partial charge in [-0.3, -0.25) is 9.48 Å². The van der Waals surface area contributed by atoms with Crippen molar-refractivity contribution in [2.24, 2.45) is 5.92 Å². The molecule has 2 aromatic rings. The Kier molecular flexibility index (Phi) is 5.42. The van der Waals surface area contributed by atoms with Crippen LogP contribution in [0.1, 0.15) is 17.0 Å². The standard InChI is InChI=1S/C17H22ClN5O2S/c18-13-10-20-23(11-13)4-3-19-16(24)12-1-2-15-14(9-12)21-17(26-15)22-5-7-25-8-6-22/h10-12H,1-9H2,(H,19,24). The van der Waals surface area contributed by atoms with E-state index in [1.165, 1.54) is 4.88 Å². The molecular formula is C17H22ClN5O2S. The molecule has 1 fully saturated rings. The highest BCUT2D eigenvalue weighted by Crippen LogP contribution is 2.34. The summed E-state index contributed by atoms with van der Waals surface area (Å²) in [6, 6.07) is 0. The Labute approximate surface area is 161 Å². The molecule has 1 unspecified atom stereocenters. The summed E-state index contributed by atoms with van der Waals surface area (Å²) in [5, 5.41) is 8.82. The van der Waals surface area contributed by atoms with Gasteiger partial charge in [0.1, 0.15) is 0 Å². The molecule has 26 heavy (non-hydrogen) atoms. The van der Waals surface area contributed by atoms with Gasteiger partial charge in [-0.05, 0) is 12.8 Å². The second kappa shape index (κ2) is 7.94. The highest BCUT2D eigenvalue weighted by atomic mass is 35.5. The van der Waals surface area contributed by atoms with Gasteiger partial charge in [0.25, 0.3) is 0 Å². The lowest BCUT2D eigenvalue weighted by Crippen LogP contribution is -2.36. The van der Waals surface area contributed by atoms with Crippen LogP contribution in [0.15, 0.2) is 12.4 Å². The van der Waals surface area contributed by atoms with Crippen LogP contribution in [0.3, 0.4) is 0 Å². The second-order valence-electron chi connectivity index (χ2n) is 6.62. The second-order valence-corrected chi connectivity index (χ2v) is 8.12. The maximum absolute atomic E-state index is 12.5. The lowest BCUT2D eigenvalue weighted by atomic mass is 9.90. The highest BCUT2D eigenvalue weighted by molar-refractivity contribution is 7.15. The number of morpholine rings is 1. The summed E-state index contributed by atoms with van der Waals surface area (Å²) in [7, 11) is 0. The number of nitrogens with zero attached hydrogens (tertiary/aromatic N) is 4. The highest BCUT2D eigenvalue weighted by Gasteiger charge is 2.28. The summed E-state index contributed by atoms with van der Waals surface area (Å²) >= 11 is 7.62. The largest absolute Gasteiger partial charge is 0.378 e. The van der Waals surface area contributed by atoms with Gasteiger partial charge in [-0.1, -0.05) is 11.6 Å². The van der Waals surface area contributed by atoms with Crippen molar-refractivity contribution in [1.29, 1.82) is 0 Å². The van der Waals surface area contributed by atoms with Gasteiger partial charge in [0.2, 0.25) is 5.91 Å². The number of nitrogens with one attached hydrogen (secondary N) is 1. The van der Waals surface area contributed by atoms with E-state index in [0.717, 1.165) is 56.4 Å². The van der Waals surface area contributed by atoms with Crippen molar-refractivity contribution >= 4 is 34.0 Å². The van der Waals surface area contributed by atoms with Crippen LogP contribution in [0, 0.1) is 5.92 Å². The van der Waals surface area contributed by atoms with Crippen LogP contribution in [0.4, 0.5) is 5.13 Å². The van der Waals surface area contributed by atoms with E-state index in [4.69, 9.17) is 21.3 Å². The van der Waals surface area contributed by atoms with Crippen LogP contribution >= 0.6 is 22.9 Å². The first-order chi connectivity index (χ1) is 12.7. The zero-order valence-electron chi connectivity index (χ0n) is 14.5. The monoisotopic (exact) mass is 395 g/mol. The van der Waals surface area contributed by atoms with Crippen LogP contribution in [0.2, 0.25) is 5.02 Å². The number of ether oxygens (including phenoxy) is 1. The topological polar surface area (TPSA) is 72.3 Å². The van der Waals surface area contributed by atoms with E-state index in [2.05, 4.69) is 15.3 Å². The number of carbonyl (C=O) groups is 1. The number of thiazole rings is 1. The zero-order valence-corrected chi connectivity index (χ0v) is 16.1. The van der Waals surface area contributed by atoms with Gasteiger partial charge in [-0.15, -0.1) is 11.3 Å². The maximum atomic E-state index is 12.5. The Morgan fingerprint density at radius 3 is 3.04 bits per heavy atom. The minimum atomic E-state index is 0.00310. The van der Waals surface area contributed by atoms with Crippen LogP contribution in [0.25, 0.3) is 0 Å². The molecule has 4 rings (SSSR count). The summed E-state index contributed by atoms with van der Waals surface area (Å²) in [6.45, 7) is 4.49. The minimum Gasteiger partial charge on any atom is -0.378 e. The number of hydrogen-bond acceptors (Lipinski definition) is 6. The number of carbonyl (C=O) groups excluding carboxylic acids is 1. The van der Waals surface area contributed by atoms with E-state index < -0.39 is 0 Å². The molecule has 0 spiro atoms. The fourth-order valence-corrected chi connectivity index (χ4v) is 4.69. The first-order valence-corrected chi connectivity index (χ1v) is 10.2. The Bertz CT molecular complexity index is 771. The van der Waals surface area contributed by atoms with Gasteiger partial charge in [-0.25, -0.2) is 4.98 Å². The smallest absolute Gasteiger partial charge is 0.223 e. The minimum absolute atomic E-state index is 0.00310. The van der Waals surface area contributed by atoms with Gasteiger partial charge in [0.05, 0.1) is 36.7 Å². The van der Waals surface area contributed by atoms with Crippen molar-refractivity contribution in [3.63, 3.8) is 0 Å². The van der Waals surface area contributed by atoms with Crippen molar-refractivity contribution in [2.45, 2.75) is 25.8 Å². The Balaban J connectivity index is 1.31. The van der Waals surface area contributed by atoms with E-state index in [0.29, 0.717) is 18.1 Å². The lowest BCUT2D eigenvalue weighted by molar-refractivity contribution is -0.125. The van der Waals surface area contributed by atoms with E-state index >= 15 is 0 Å². The molecule has 1 aliphatic heterocycles. The van der Waals surface area contributed by atoms with E-state index in [1.807, 2.05) is 0 Å². The van der Waals surface area contributed by atoms with Gasteiger partial charge in [0, 0.05) is 43.0 Å². The number of hydrogen-bond donors (Lipinski definition) is 1. The third-order valence-electron chi connectivity index (χ3n) is 4.82. The number of amides is 1. The molecule has 0 saturated carbocycles. The average Bonchev–Trinajstić information content (AvgIpc) is 3.27. The average molecular weight is 396 g/mol. The number of rotatable bonds is 5. The van der Waals surface area contributed by atoms with Crippen molar-refractivity contribution in [3.05, 3.63) is 28.0 Å². The van der Waals surface area contributed by atoms with Crippen molar-refractivity contribution < 1.29 is 9.53 Å². The molecule has 1 N–H and O–H groups in total. The Hall–Kier alpha value is -1.64. The van der Waals surface area contributed by atoms with Crippen molar-refractivity contribution in [2.75, 3.05) is 37.7 Å². The molecule has 2 aliphatic rings. The molecule has 2 aromatic heterocycles. The van der Waals surface area contributed by atoms with Gasteiger partial charge < -0.3 is 15.0 Å². The summed E-state index contributed by atoms with van der Waals surface area (Å²) in [4.78, 5) is 20.9. The molecule has 1 atom stereocenters. The summed E-state index contributed by atoms with van der Waals surface area (Å²) in [5.41, 5.74) is 1.10. The van der Waals surface area contributed by atoms with E-state index in [1.54, 1.807) is 28.4 Å². The number of aryl methyl sites for hydroxylation is 1. The predicted molar refractivity (Wildman–Crippen MR) is 101 cm³/mol.